The lowest BCUT2D eigenvalue weighted by Crippen LogP contribution is -2.47. The molecule has 8 heteroatoms. The first-order valence-corrected chi connectivity index (χ1v) is 8.28. The van der Waals surface area contributed by atoms with Crippen molar-refractivity contribution in [1.82, 2.24) is 10.2 Å². The zero-order chi connectivity index (χ0) is 16.4. The Bertz CT molecular complexity index is 542. The van der Waals surface area contributed by atoms with Gasteiger partial charge in [0.25, 0.3) is 0 Å². The number of alkyl halides is 3. The standard InChI is InChI=1S/C17H22F4N2.2ClH/c18-15-6-5-13(17(19,20)21)11-14(15)16(12-3-1-2-4-12)23-9-7-22-8-10-23;;/h5-6,11-12,16,22H,1-4,7-10H2;2*1H/t16-;;/m0../s1. The molecule has 1 atom stereocenters. The lowest BCUT2D eigenvalue weighted by Gasteiger charge is -2.39. The summed E-state index contributed by atoms with van der Waals surface area (Å²) in [6.45, 7) is 3.08. The first kappa shape index (κ1) is 22.5. The lowest BCUT2D eigenvalue weighted by atomic mass is 9.88. The summed E-state index contributed by atoms with van der Waals surface area (Å²) in [4.78, 5) is 2.16. The summed E-state index contributed by atoms with van der Waals surface area (Å²) in [5, 5.41) is 3.25. The molecule has 1 aliphatic heterocycles. The number of hydrogen-bond acceptors (Lipinski definition) is 2. The molecular weight excluding hydrogens is 379 g/mol. The molecular formula is C17H24Cl2F4N2. The Kier molecular flexibility index (Phi) is 8.45. The fourth-order valence-corrected chi connectivity index (χ4v) is 3.93. The quantitative estimate of drug-likeness (QED) is 0.728. The van der Waals surface area contributed by atoms with Crippen molar-refractivity contribution >= 4 is 24.8 Å². The molecule has 0 aromatic heterocycles. The van der Waals surface area contributed by atoms with Crippen LogP contribution in [0.1, 0.15) is 42.9 Å². The Morgan fingerprint density at radius 3 is 2.20 bits per heavy atom. The van der Waals surface area contributed by atoms with Crippen LogP contribution in [-0.4, -0.2) is 31.1 Å². The molecule has 1 aromatic carbocycles. The van der Waals surface area contributed by atoms with E-state index in [0.717, 1.165) is 70.1 Å². The second-order valence-corrected chi connectivity index (χ2v) is 6.51. The van der Waals surface area contributed by atoms with Gasteiger partial charge in [-0.25, -0.2) is 4.39 Å². The molecule has 1 N–H and O–H groups in total. The Morgan fingerprint density at radius 1 is 1.04 bits per heavy atom. The molecule has 1 saturated carbocycles. The Morgan fingerprint density at radius 2 is 1.64 bits per heavy atom. The van der Waals surface area contributed by atoms with Crippen LogP contribution in [0.25, 0.3) is 0 Å². The van der Waals surface area contributed by atoms with Gasteiger partial charge in [-0.05, 0) is 37.0 Å². The van der Waals surface area contributed by atoms with Crippen LogP contribution in [0.4, 0.5) is 17.6 Å². The largest absolute Gasteiger partial charge is 0.416 e. The summed E-state index contributed by atoms with van der Waals surface area (Å²) in [5.41, 5.74) is -0.541. The van der Waals surface area contributed by atoms with Crippen molar-refractivity contribution in [2.45, 2.75) is 37.9 Å². The fraction of sp³-hybridized carbons (Fsp3) is 0.647. The van der Waals surface area contributed by atoms with Crippen LogP contribution in [0.5, 0.6) is 0 Å². The predicted molar refractivity (Wildman–Crippen MR) is 95.0 cm³/mol. The molecule has 0 spiro atoms. The normalized spacial score (nSPS) is 20.6. The maximum Gasteiger partial charge on any atom is 0.416 e. The van der Waals surface area contributed by atoms with Crippen molar-refractivity contribution in [1.29, 1.82) is 0 Å². The highest BCUT2D eigenvalue weighted by molar-refractivity contribution is 5.85. The summed E-state index contributed by atoms with van der Waals surface area (Å²) in [5.74, 6) is -0.278. The van der Waals surface area contributed by atoms with Gasteiger partial charge in [-0.1, -0.05) is 12.8 Å². The third-order valence-electron chi connectivity index (χ3n) is 5.03. The number of benzene rings is 1. The van der Waals surface area contributed by atoms with Crippen molar-refractivity contribution in [2.75, 3.05) is 26.2 Å². The maximum atomic E-state index is 14.4. The minimum atomic E-state index is -4.44. The second kappa shape index (κ2) is 9.40. The number of nitrogens with zero attached hydrogens (tertiary/aromatic N) is 1. The molecule has 25 heavy (non-hydrogen) atoms. The van der Waals surface area contributed by atoms with Crippen molar-refractivity contribution in [2.24, 2.45) is 5.92 Å². The molecule has 0 unspecified atom stereocenters. The van der Waals surface area contributed by atoms with E-state index in [-0.39, 0.29) is 42.3 Å². The zero-order valence-electron chi connectivity index (χ0n) is 13.8. The summed E-state index contributed by atoms with van der Waals surface area (Å²) >= 11 is 0. The average Bonchev–Trinajstić information content (AvgIpc) is 3.03. The highest BCUT2D eigenvalue weighted by Crippen LogP contribution is 2.42. The molecule has 2 nitrogen and oxygen atoms in total. The molecule has 0 radical (unpaired) electrons. The van der Waals surface area contributed by atoms with Crippen molar-refractivity contribution in [3.63, 3.8) is 0 Å². The minimum Gasteiger partial charge on any atom is -0.314 e. The van der Waals surface area contributed by atoms with Crippen LogP contribution in [0.15, 0.2) is 18.2 Å². The molecule has 144 valence electrons. The zero-order valence-corrected chi connectivity index (χ0v) is 15.5. The summed E-state index contributed by atoms with van der Waals surface area (Å²) in [6, 6.07) is 2.59. The number of rotatable bonds is 3. The Labute approximate surface area is 158 Å². The number of nitrogens with one attached hydrogen (secondary N) is 1. The van der Waals surface area contributed by atoms with Gasteiger partial charge in [0.2, 0.25) is 0 Å². The Hall–Kier alpha value is -0.560. The molecule has 1 saturated heterocycles. The second-order valence-electron chi connectivity index (χ2n) is 6.51. The van der Waals surface area contributed by atoms with Gasteiger partial charge >= 0.3 is 6.18 Å². The van der Waals surface area contributed by atoms with E-state index in [1.807, 2.05) is 0 Å². The molecule has 1 aliphatic carbocycles. The van der Waals surface area contributed by atoms with Crippen LogP contribution >= 0.6 is 24.8 Å². The smallest absolute Gasteiger partial charge is 0.314 e. The van der Waals surface area contributed by atoms with Crippen molar-refractivity contribution < 1.29 is 17.6 Å². The number of piperazine rings is 1. The van der Waals surface area contributed by atoms with Gasteiger partial charge < -0.3 is 5.32 Å². The van der Waals surface area contributed by atoms with E-state index >= 15 is 0 Å². The molecule has 0 bridgehead atoms. The number of halogens is 6. The third kappa shape index (κ3) is 5.22. The van der Waals surface area contributed by atoms with Gasteiger partial charge in [0.1, 0.15) is 5.82 Å². The van der Waals surface area contributed by atoms with E-state index in [1.165, 1.54) is 0 Å². The van der Waals surface area contributed by atoms with Crippen LogP contribution in [0, 0.1) is 11.7 Å². The molecule has 1 heterocycles. The van der Waals surface area contributed by atoms with Gasteiger partial charge in [0, 0.05) is 37.8 Å². The molecule has 2 aliphatic rings. The molecule has 0 amide bonds. The topological polar surface area (TPSA) is 15.3 Å². The Balaban J connectivity index is 0.00000156. The van der Waals surface area contributed by atoms with Crippen LogP contribution in [-0.2, 0) is 6.18 Å². The predicted octanol–water partition coefficient (Wildman–Crippen LogP) is 4.82. The van der Waals surface area contributed by atoms with Gasteiger partial charge in [-0.15, -0.1) is 24.8 Å². The van der Waals surface area contributed by atoms with Gasteiger partial charge in [-0.2, -0.15) is 13.2 Å². The lowest BCUT2D eigenvalue weighted by molar-refractivity contribution is -0.137. The monoisotopic (exact) mass is 402 g/mol. The van der Waals surface area contributed by atoms with Gasteiger partial charge in [-0.3, -0.25) is 4.90 Å². The molecule has 2 fully saturated rings. The SMILES string of the molecule is Cl.Cl.Fc1ccc(C(F)(F)F)cc1[C@H](C1CCCC1)N1CCNCC1. The van der Waals surface area contributed by atoms with Gasteiger partial charge in [0.15, 0.2) is 0 Å². The van der Waals surface area contributed by atoms with E-state index < -0.39 is 17.6 Å². The van der Waals surface area contributed by atoms with Crippen molar-refractivity contribution in [3.8, 4) is 0 Å². The highest BCUT2D eigenvalue weighted by Gasteiger charge is 2.36. The summed E-state index contributed by atoms with van der Waals surface area (Å²) < 4.78 is 53.5. The third-order valence-corrected chi connectivity index (χ3v) is 5.03. The van der Waals surface area contributed by atoms with E-state index in [0.29, 0.717) is 0 Å². The molecule has 1 aromatic rings. The van der Waals surface area contributed by atoms with Crippen LogP contribution in [0.2, 0.25) is 0 Å². The van der Waals surface area contributed by atoms with Crippen molar-refractivity contribution in [3.05, 3.63) is 35.1 Å². The summed E-state index contributed by atoms with van der Waals surface area (Å²) in [6.07, 6.45) is -0.359. The average molecular weight is 403 g/mol. The first-order valence-electron chi connectivity index (χ1n) is 8.28. The van der Waals surface area contributed by atoms with Gasteiger partial charge in [0.05, 0.1) is 5.56 Å². The van der Waals surface area contributed by atoms with Crippen LogP contribution in [0.3, 0.4) is 0 Å². The van der Waals surface area contributed by atoms with E-state index in [1.54, 1.807) is 0 Å². The fourth-order valence-electron chi connectivity index (χ4n) is 3.93. The van der Waals surface area contributed by atoms with E-state index in [9.17, 15) is 17.6 Å². The summed E-state index contributed by atoms with van der Waals surface area (Å²) in [7, 11) is 0. The van der Waals surface area contributed by atoms with Crippen LogP contribution < -0.4 is 5.32 Å². The minimum absolute atomic E-state index is 0. The maximum absolute atomic E-state index is 14.4. The molecule has 3 rings (SSSR count). The number of hydrogen-bond donors (Lipinski definition) is 1. The highest BCUT2D eigenvalue weighted by atomic mass is 35.5. The van der Waals surface area contributed by atoms with E-state index in [4.69, 9.17) is 0 Å². The first-order chi connectivity index (χ1) is 11.0. The van der Waals surface area contributed by atoms with E-state index in [2.05, 4.69) is 10.2 Å².